The van der Waals surface area contributed by atoms with E-state index in [2.05, 4.69) is 55.4 Å². The minimum Gasteiger partial charge on any atom is -0.368 e. The van der Waals surface area contributed by atoms with Gasteiger partial charge in [0.05, 0.1) is 32.9 Å². The SMILES string of the molecule is Nc1nc(N(Br)c2ccccc2)c2cc(-c3cccc4cccnc34)ccc2n1. The van der Waals surface area contributed by atoms with E-state index in [0.29, 0.717) is 5.82 Å². The Morgan fingerprint density at radius 2 is 1.66 bits per heavy atom. The smallest absolute Gasteiger partial charge is 0.222 e. The van der Waals surface area contributed by atoms with Gasteiger partial charge in [-0.3, -0.25) is 8.91 Å². The van der Waals surface area contributed by atoms with Crippen LogP contribution in [0, 0.1) is 0 Å². The average molecular weight is 442 g/mol. The van der Waals surface area contributed by atoms with Crippen molar-refractivity contribution in [2.75, 3.05) is 9.66 Å². The lowest BCUT2D eigenvalue weighted by Crippen LogP contribution is -2.07. The highest BCUT2D eigenvalue weighted by atomic mass is 79.9. The standard InChI is InChI=1S/C23H16BrN5/c24-29(17-8-2-1-3-9-17)22-19-14-16(11-12-20(19)27-23(25)28-22)18-10-4-6-15-7-5-13-26-21(15)18/h1-14H,(H2,25,27,28). The molecule has 0 atom stereocenters. The monoisotopic (exact) mass is 441 g/mol. The van der Waals surface area contributed by atoms with Gasteiger partial charge in [0.2, 0.25) is 5.95 Å². The van der Waals surface area contributed by atoms with Gasteiger partial charge in [-0.1, -0.05) is 48.5 Å². The molecular formula is C23H16BrN5. The topological polar surface area (TPSA) is 67.9 Å². The summed E-state index contributed by atoms with van der Waals surface area (Å²) < 4.78 is 1.85. The summed E-state index contributed by atoms with van der Waals surface area (Å²) in [6.45, 7) is 0. The number of nitrogens with zero attached hydrogens (tertiary/aromatic N) is 4. The van der Waals surface area contributed by atoms with E-state index in [-0.39, 0.29) is 5.95 Å². The van der Waals surface area contributed by atoms with Crippen molar-refractivity contribution in [3.63, 3.8) is 0 Å². The molecule has 5 nitrogen and oxygen atoms in total. The number of rotatable bonds is 3. The minimum atomic E-state index is 0.229. The third-order valence-electron chi connectivity index (χ3n) is 4.81. The van der Waals surface area contributed by atoms with Crippen LogP contribution in [0.3, 0.4) is 0 Å². The molecule has 0 aliphatic rings. The number of benzene rings is 3. The zero-order valence-electron chi connectivity index (χ0n) is 15.3. The van der Waals surface area contributed by atoms with Crippen molar-refractivity contribution in [1.82, 2.24) is 15.0 Å². The number of nitrogens with two attached hydrogens (primary N) is 1. The molecule has 5 rings (SSSR count). The van der Waals surface area contributed by atoms with E-state index in [9.17, 15) is 0 Å². The fraction of sp³-hybridized carbons (Fsp3) is 0. The van der Waals surface area contributed by atoms with Crippen molar-refractivity contribution >= 4 is 55.4 Å². The van der Waals surface area contributed by atoms with Crippen LogP contribution in [0.4, 0.5) is 17.5 Å². The lowest BCUT2D eigenvalue weighted by atomic mass is 10.0. The second kappa shape index (κ2) is 7.14. The molecule has 0 spiro atoms. The number of pyridine rings is 1. The van der Waals surface area contributed by atoms with Crippen molar-refractivity contribution in [2.45, 2.75) is 0 Å². The molecule has 0 aliphatic carbocycles. The molecule has 0 saturated carbocycles. The number of anilines is 3. The maximum Gasteiger partial charge on any atom is 0.222 e. The van der Waals surface area contributed by atoms with E-state index in [1.807, 2.05) is 64.7 Å². The Morgan fingerprint density at radius 1 is 0.828 bits per heavy atom. The molecule has 0 fully saturated rings. The molecule has 2 aromatic heterocycles. The molecule has 0 saturated heterocycles. The Hall–Kier alpha value is -3.51. The Bertz CT molecular complexity index is 1330. The van der Waals surface area contributed by atoms with Crippen molar-refractivity contribution < 1.29 is 0 Å². The van der Waals surface area contributed by atoms with Crippen LogP contribution in [-0.2, 0) is 0 Å². The third-order valence-corrected chi connectivity index (χ3v) is 5.55. The second-order valence-electron chi connectivity index (χ2n) is 6.63. The number of halogens is 1. The van der Waals surface area contributed by atoms with Gasteiger partial charge < -0.3 is 5.73 Å². The zero-order valence-corrected chi connectivity index (χ0v) is 16.9. The van der Waals surface area contributed by atoms with Gasteiger partial charge in [-0.25, -0.2) is 4.98 Å². The lowest BCUT2D eigenvalue weighted by Gasteiger charge is -2.18. The Morgan fingerprint density at radius 3 is 2.52 bits per heavy atom. The fourth-order valence-corrected chi connectivity index (χ4v) is 3.97. The van der Waals surface area contributed by atoms with Gasteiger partial charge in [-0.05, 0) is 35.9 Å². The van der Waals surface area contributed by atoms with Crippen molar-refractivity contribution in [2.24, 2.45) is 0 Å². The van der Waals surface area contributed by atoms with Crippen LogP contribution in [0.5, 0.6) is 0 Å². The zero-order chi connectivity index (χ0) is 19.8. The number of nitrogen functional groups attached to an aromatic ring is 1. The van der Waals surface area contributed by atoms with Crippen molar-refractivity contribution in [1.29, 1.82) is 0 Å². The van der Waals surface area contributed by atoms with E-state index in [0.717, 1.165) is 38.6 Å². The fourth-order valence-electron chi connectivity index (χ4n) is 3.47. The summed E-state index contributed by atoms with van der Waals surface area (Å²) in [5.41, 5.74) is 10.8. The molecule has 0 aliphatic heterocycles. The second-order valence-corrected chi connectivity index (χ2v) is 7.34. The van der Waals surface area contributed by atoms with Crippen molar-refractivity contribution in [3.05, 3.63) is 85.1 Å². The summed E-state index contributed by atoms with van der Waals surface area (Å²) in [6, 6.07) is 26.2. The Kier molecular flexibility index (Phi) is 4.33. The molecule has 3 aromatic carbocycles. The summed E-state index contributed by atoms with van der Waals surface area (Å²) in [5, 5.41) is 2.00. The van der Waals surface area contributed by atoms with Crippen LogP contribution in [0.25, 0.3) is 32.9 Å². The first-order valence-electron chi connectivity index (χ1n) is 9.13. The predicted octanol–water partition coefficient (Wildman–Crippen LogP) is 5.88. The number of hydrogen-bond acceptors (Lipinski definition) is 5. The normalized spacial score (nSPS) is 11.1. The molecule has 0 bridgehead atoms. The molecule has 6 heteroatoms. The molecular weight excluding hydrogens is 426 g/mol. The summed E-state index contributed by atoms with van der Waals surface area (Å²) in [4.78, 5) is 13.5. The first-order chi connectivity index (χ1) is 14.2. The molecule has 2 heterocycles. The van der Waals surface area contributed by atoms with Crippen LogP contribution >= 0.6 is 16.1 Å². The first kappa shape index (κ1) is 17.6. The molecule has 2 N–H and O–H groups in total. The van der Waals surface area contributed by atoms with Crippen LogP contribution in [0.2, 0.25) is 0 Å². The van der Waals surface area contributed by atoms with Gasteiger partial charge in [-0.2, -0.15) is 4.98 Å². The molecule has 0 amide bonds. The van der Waals surface area contributed by atoms with Gasteiger partial charge in [0, 0.05) is 22.5 Å². The largest absolute Gasteiger partial charge is 0.368 e. The van der Waals surface area contributed by atoms with E-state index >= 15 is 0 Å². The van der Waals surface area contributed by atoms with E-state index in [1.54, 1.807) is 0 Å². The Labute approximate surface area is 176 Å². The molecule has 140 valence electrons. The van der Waals surface area contributed by atoms with Crippen molar-refractivity contribution in [3.8, 4) is 11.1 Å². The number of fused-ring (bicyclic) bond motifs is 2. The van der Waals surface area contributed by atoms with Gasteiger partial charge in [0.25, 0.3) is 0 Å². The molecule has 0 unspecified atom stereocenters. The van der Waals surface area contributed by atoms with Gasteiger partial charge in [0.1, 0.15) is 0 Å². The number of para-hydroxylation sites is 2. The molecule has 5 aromatic rings. The van der Waals surface area contributed by atoms with E-state index in [1.165, 1.54) is 0 Å². The molecule has 29 heavy (non-hydrogen) atoms. The van der Waals surface area contributed by atoms with E-state index in [4.69, 9.17) is 5.73 Å². The van der Waals surface area contributed by atoms with Crippen LogP contribution < -0.4 is 9.66 Å². The van der Waals surface area contributed by atoms with Crippen LogP contribution in [-0.4, -0.2) is 15.0 Å². The van der Waals surface area contributed by atoms with Gasteiger partial charge in [0.15, 0.2) is 5.82 Å². The number of hydrogen-bond donors (Lipinski definition) is 1. The maximum atomic E-state index is 5.98. The predicted molar refractivity (Wildman–Crippen MR) is 122 cm³/mol. The average Bonchev–Trinajstić information content (AvgIpc) is 2.78. The highest BCUT2D eigenvalue weighted by Gasteiger charge is 2.15. The van der Waals surface area contributed by atoms with E-state index < -0.39 is 0 Å². The van der Waals surface area contributed by atoms with Gasteiger partial charge in [-0.15, -0.1) is 0 Å². The number of aromatic nitrogens is 3. The van der Waals surface area contributed by atoms with Gasteiger partial charge >= 0.3 is 0 Å². The van der Waals surface area contributed by atoms with Crippen LogP contribution in [0.1, 0.15) is 0 Å². The Balaban J connectivity index is 1.73. The third kappa shape index (κ3) is 3.17. The highest BCUT2D eigenvalue weighted by molar-refractivity contribution is 9.10. The quantitative estimate of drug-likeness (QED) is 0.354. The summed E-state index contributed by atoms with van der Waals surface area (Å²) in [6.07, 6.45) is 1.82. The first-order valence-corrected chi connectivity index (χ1v) is 9.84. The summed E-state index contributed by atoms with van der Waals surface area (Å²) >= 11 is 3.65. The van der Waals surface area contributed by atoms with Crippen LogP contribution in [0.15, 0.2) is 85.1 Å². The molecule has 0 radical (unpaired) electrons. The minimum absolute atomic E-state index is 0.229. The maximum absolute atomic E-state index is 5.98. The summed E-state index contributed by atoms with van der Waals surface area (Å²) in [7, 11) is 0. The lowest BCUT2D eigenvalue weighted by molar-refractivity contribution is 1.21. The summed E-state index contributed by atoms with van der Waals surface area (Å²) in [5.74, 6) is 0.918. The highest BCUT2D eigenvalue weighted by Crippen LogP contribution is 2.36.